The third kappa shape index (κ3) is 3.62. The maximum Gasteiger partial charge on any atom is 0.331 e. The summed E-state index contributed by atoms with van der Waals surface area (Å²) in [5, 5.41) is 13.3. The molecule has 1 saturated heterocycles. The second-order valence-electron chi connectivity index (χ2n) is 8.88. The summed E-state index contributed by atoms with van der Waals surface area (Å²) >= 11 is 0. The molecule has 160 valence electrons. The minimum absolute atomic E-state index is 0.103. The van der Waals surface area contributed by atoms with Crippen molar-refractivity contribution in [1.82, 2.24) is 20.3 Å². The van der Waals surface area contributed by atoms with Crippen LogP contribution in [0.1, 0.15) is 32.1 Å². The zero-order valence-corrected chi connectivity index (χ0v) is 16.8. The number of nitrogens with one attached hydrogen (secondary N) is 2. The Balaban J connectivity index is 1.24. The van der Waals surface area contributed by atoms with E-state index in [0.29, 0.717) is 25.5 Å². The molecule has 2 aliphatic carbocycles. The number of amides is 1. The van der Waals surface area contributed by atoms with Crippen LogP contribution in [-0.4, -0.2) is 64.3 Å². The maximum absolute atomic E-state index is 13.0. The van der Waals surface area contributed by atoms with Gasteiger partial charge in [-0.05, 0) is 49.5 Å². The summed E-state index contributed by atoms with van der Waals surface area (Å²) in [6, 6.07) is 0.980. The fraction of sp³-hybridized carbons (Fsp3) is 0.619. The van der Waals surface area contributed by atoms with Gasteiger partial charge in [0.15, 0.2) is 6.04 Å². The highest BCUT2D eigenvalue weighted by Gasteiger charge is 2.55. The van der Waals surface area contributed by atoms with Gasteiger partial charge in [0.25, 0.3) is 0 Å². The number of esters is 1. The molecule has 3 fully saturated rings. The number of H-pyrrole nitrogens is 1. The average Bonchev–Trinajstić information content (AvgIpc) is 3.68. The number of carbonyl (C=O) groups is 2. The molecule has 2 aromatic rings. The van der Waals surface area contributed by atoms with E-state index in [-0.39, 0.29) is 17.2 Å². The van der Waals surface area contributed by atoms with Crippen LogP contribution < -0.4 is 10.2 Å². The van der Waals surface area contributed by atoms with Crippen LogP contribution in [0.15, 0.2) is 18.6 Å². The van der Waals surface area contributed by atoms with Crippen molar-refractivity contribution in [2.24, 2.45) is 17.3 Å². The van der Waals surface area contributed by atoms with Gasteiger partial charge >= 0.3 is 5.97 Å². The largest absolute Gasteiger partial charge is 0.464 e. The highest BCUT2D eigenvalue weighted by atomic mass is 16.5. The van der Waals surface area contributed by atoms with E-state index in [0.717, 1.165) is 49.1 Å². The number of aliphatic hydroxyl groups is 1. The van der Waals surface area contributed by atoms with Gasteiger partial charge in [0, 0.05) is 25.2 Å². The van der Waals surface area contributed by atoms with Crippen molar-refractivity contribution in [3.63, 3.8) is 0 Å². The quantitative estimate of drug-likeness (QED) is 0.579. The molecule has 0 bridgehead atoms. The molecule has 2 saturated carbocycles. The van der Waals surface area contributed by atoms with Crippen LogP contribution in [0.5, 0.6) is 0 Å². The number of hydrogen-bond acceptors (Lipinski definition) is 7. The summed E-state index contributed by atoms with van der Waals surface area (Å²) in [6.07, 6.45) is 8.19. The Labute approximate surface area is 174 Å². The molecule has 9 heteroatoms. The van der Waals surface area contributed by atoms with E-state index in [9.17, 15) is 14.7 Å². The molecule has 1 spiro atoms. The van der Waals surface area contributed by atoms with Crippen molar-refractivity contribution < 1.29 is 19.4 Å². The van der Waals surface area contributed by atoms with Gasteiger partial charge in [0.2, 0.25) is 5.91 Å². The van der Waals surface area contributed by atoms with Crippen LogP contribution in [0.2, 0.25) is 0 Å². The molecule has 3 N–H and O–H groups in total. The van der Waals surface area contributed by atoms with Gasteiger partial charge in [-0.3, -0.25) is 4.79 Å². The first-order valence-corrected chi connectivity index (χ1v) is 10.7. The van der Waals surface area contributed by atoms with Crippen LogP contribution in [0.25, 0.3) is 11.0 Å². The number of rotatable bonds is 7. The Morgan fingerprint density at radius 2 is 2.17 bits per heavy atom. The Bertz CT molecular complexity index is 952. The van der Waals surface area contributed by atoms with Crippen LogP contribution in [-0.2, 0) is 14.3 Å². The summed E-state index contributed by atoms with van der Waals surface area (Å²) < 4.78 is 5.24. The number of aromatic amines is 1. The number of ether oxygens (including phenoxy) is 1. The molecule has 1 aliphatic heterocycles. The molecular weight excluding hydrogens is 386 g/mol. The predicted molar refractivity (Wildman–Crippen MR) is 109 cm³/mol. The van der Waals surface area contributed by atoms with Crippen LogP contribution in [0, 0.1) is 17.3 Å². The van der Waals surface area contributed by atoms with Crippen molar-refractivity contribution in [1.29, 1.82) is 0 Å². The summed E-state index contributed by atoms with van der Waals surface area (Å²) in [6.45, 7) is 1.37. The Morgan fingerprint density at radius 1 is 1.33 bits per heavy atom. The van der Waals surface area contributed by atoms with Gasteiger partial charge in [0.1, 0.15) is 17.8 Å². The Morgan fingerprint density at radius 3 is 2.90 bits per heavy atom. The third-order valence-electron chi connectivity index (χ3n) is 6.72. The minimum Gasteiger partial charge on any atom is -0.464 e. The molecule has 9 nitrogen and oxygen atoms in total. The van der Waals surface area contributed by atoms with E-state index in [2.05, 4.69) is 25.2 Å². The van der Waals surface area contributed by atoms with Gasteiger partial charge < -0.3 is 25.0 Å². The average molecular weight is 413 g/mol. The number of fused-ring (bicyclic) bond motifs is 1. The lowest BCUT2D eigenvalue weighted by atomic mass is 9.81. The number of anilines is 1. The minimum atomic E-state index is -0.994. The van der Waals surface area contributed by atoms with Gasteiger partial charge in [-0.25, -0.2) is 14.8 Å². The number of aromatic nitrogens is 3. The molecule has 1 amide bonds. The standard InChI is InChI=1S/C21H27N5O4/c27-9-16(20(29)30-10-13-1-2-13)25-19(28)15-4-8-26(11-21(15)5-6-21)18-14-3-7-22-17(14)23-12-24-18/h3,7,12-13,15-16,27H,1-2,4-6,8-11H2,(H,25,28)(H,22,23,24)/t15-,16?/m1/s1. The lowest BCUT2D eigenvalue weighted by molar-refractivity contribution is -0.150. The highest BCUT2D eigenvalue weighted by Crippen LogP contribution is 2.56. The molecule has 1 unspecified atom stereocenters. The molecule has 2 aromatic heterocycles. The fourth-order valence-corrected chi connectivity index (χ4v) is 4.56. The van der Waals surface area contributed by atoms with Crippen LogP contribution >= 0.6 is 0 Å². The summed E-state index contributed by atoms with van der Waals surface area (Å²) in [4.78, 5) is 39.3. The molecule has 0 radical (unpaired) electrons. The number of aliphatic hydroxyl groups excluding tert-OH is 1. The van der Waals surface area contributed by atoms with Crippen molar-refractivity contribution >= 4 is 28.7 Å². The van der Waals surface area contributed by atoms with Gasteiger partial charge in [-0.2, -0.15) is 0 Å². The molecular formula is C21H27N5O4. The van der Waals surface area contributed by atoms with E-state index in [1.165, 1.54) is 0 Å². The zero-order chi connectivity index (χ0) is 20.7. The van der Waals surface area contributed by atoms with E-state index >= 15 is 0 Å². The monoisotopic (exact) mass is 413 g/mol. The number of hydrogen-bond donors (Lipinski definition) is 3. The van der Waals surface area contributed by atoms with E-state index < -0.39 is 18.6 Å². The molecule has 5 rings (SSSR count). The Hall–Kier alpha value is -2.68. The first-order chi connectivity index (χ1) is 14.6. The van der Waals surface area contributed by atoms with Gasteiger partial charge in [0.05, 0.1) is 18.6 Å². The third-order valence-corrected chi connectivity index (χ3v) is 6.72. The van der Waals surface area contributed by atoms with E-state index in [1.807, 2.05) is 12.3 Å². The molecule has 30 heavy (non-hydrogen) atoms. The van der Waals surface area contributed by atoms with Crippen LogP contribution in [0.4, 0.5) is 5.82 Å². The fourth-order valence-electron chi connectivity index (χ4n) is 4.56. The molecule has 0 aromatic carbocycles. The maximum atomic E-state index is 13.0. The number of carbonyl (C=O) groups excluding carboxylic acids is 2. The Kier molecular flexibility index (Phi) is 4.85. The van der Waals surface area contributed by atoms with Gasteiger partial charge in [-0.1, -0.05) is 0 Å². The second kappa shape index (κ2) is 7.54. The van der Waals surface area contributed by atoms with Crippen LogP contribution in [0.3, 0.4) is 0 Å². The first kappa shape index (κ1) is 19.3. The summed E-state index contributed by atoms with van der Waals surface area (Å²) in [5.41, 5.74) is 0.702. The molecule has 3 heterocycles. The van der Waals surface area contributed by atoms with E-state index in [4.69, 9.17) is 4.74 Å². The summed E-state index contributed by atoms with van der Waals surface area (Å²) in [5.74, 6) is 0.446. The highest BCUT2D eigenvalue weighted by molar-refractivity contribution is 5.89. The lowest BCUT2D eigenvalue weighted by Gasteiger charge is -2.39. The number of piperidine rings is 1. The predicted octanol–water partition coefficient (Wildman–Crippen LogP) is 0.995. The van der Waals surface area contributed by atoms with Crippen molar-refractivity contribution in [3.05, 3.63) is 18.6 Å². The number of nitrogens with zero attached hydrogens (tertiary/aromatic N) is 3. The zero-order valence-electron chi connectivity index (χ0n) is 16.8. The molecule has 3 aliphatic rings. The van der Waals surface area contributed by atoms with Crippen molar-refractivity contribution in [2.75, 3.05) is 31.2 Å². The summed E-state index contributed by atoms with van der Waals surface area (Å²) in [7, 11) is 0. The van der Waals surface area contributed by atoms with E-state index in [1.54, 1.807) is 6.33 Å². The second-order valence-corrected chi connectivity index (χ2v) is 8.88. The van der Waals surface area contributed by atoms with Crippen molar-refractivity contribution in [2.45, 2.75) is 38.1 Å². The smallest absolute Gasteiger partial charge is 0.331 e. The lowest BCUT2D eigenvalue weighted by Crippen LogP contribution is -2.52. The topological polar surface area (TPSA) is 120 Å². The van der Waals surface area contributed by atoms with Gasteiger partial charge in [-0.15, -0.1) is 0 Å². The molecule has 2 atom stereocenters. The normalized spacial score (nSPS) is 23.4. The van der Waals surface area contributed by atoms with Crippen molar-refractivity contribution in [3.8, 4) is 0 Å². The first-order valence-electron chi connectivity index (χ1n) is 10.7. The SMILES string of the molecule is O=C(OCC1CC1)C(CO)NC(=O)[C@H]1CCN(c2ncnc3[nH]ccc23)CC12CC2.